The van der Waals surface area contributed by atoms with E-state index in [1.165, 1.54) is 18.1 Å². The predicted octanol–water partition coefficient (Wildman–Crippen LogP) is 4.22. The van der Waals surface area contributed by atoms with Crippen LogP contribution in [0.2, 0.25) is 0 Å². The van der Waals surface area contributed by atoms with E-state index in [0.29, 0.717) is 18.4 Å². The zero-order valence-electron chi connectivity index (χ0n) is 17.7. The maximum atomic E-state index is 12.3. The van der Waals surface area contributed by atoms with Crippen molar-refractivity contribution in [3.05, 3.63) is 23.3 Å². The van der Waals surface area contributed by atoms with Gasteiger partial charge in [-0.2, -0.15) is 0 Å². The van der Waals surface area contributed by atoms with Crippen LogP contribution in [0.25, 0.3) is 0 Å². The van der Waals surface area contributed by atoms with Gasteiger partial charge in [0.05, 0.1) is 6.10 Å². The Morgan fingerprint density at radius 1 is 1.25 bits per heavy atom. The SMILES string of the molecule is CC(=O)OC/C=C1\CC[C@H]2[C@@H]3CCC4=CC(=O)[C@H](C)C[C@]4(C)[C@H]3[C@@H](O)C[C@]12C. The summed E-state index contributed by atoms with van der Waals surface area (Å²) in [4.78, 5) is 23.4. The van der Waals surface area contributed by atoms with Crippen molar-refractivity contribution in [2.75, 3.05) is 6.61 Å². The third-order valence-electron chi connectivity index (χ3n) is 8.67. The van der Waals surface area contributed by atoms with Gasteiger partial charge in [-0.05, 0) is 79.3 Å². The summed E-state index contributed by atoms with van der Waals surface area (Å²) in [7, 11) is 0. The summed E-state index contributed by atoms with van der Waals surface area (Å²) in [5.41, 5.74) is 2.58. The molecule has 0 aromatic carbocycles. The molecule has 28 heavy (non-hydrogen) atoms. The van der Waals surface area contributed by atoms with Gasteiger partial charge in [0.15, 0.2) is 5.78 Å². The molecule has 0 heterocycles. The molecule has 4 nitrogen and oxygen atoms in total. The first kappa shape index (κ1) is 19.9. The van der Waals surface area contributed by atoms with Gasteiger partial charge >= 0.3 is 5.97 Å². The lowest BCUT2D eigenvalue weighted by atomic mass is 9.46. The summed E-state index contributed by atoms with van der Waals surface area (Å²) >= 11 is 0. The van der Waals surface area contributed by atoms with Crippen LogP contribution in [-0.4, -0.2) is 29.6 Å². The van der Waals surface area contributed by atoms with Crippen LogP contribution in [0.15, 0.2) is 23.3 Å². The van der Waals surface area contributed by atoms with Crippen molar-refractivity contribution in [2.45, 2.75) is 72.3 Å². The maximum absolute atomic E-state index is 12.3. The summed E-state index contributed by atoms with van der Waals surface area (Å²) in [5.74, 6) is 1.37. The van der Waals surface area contributed by atoms with E-state index < -0.39 is 0 Å². The molecule has 4 rings (SSSR count). The number of aliphatic hydroxyl groups excluding tert-OH is 1. The summed E-state index contributed by atoms with van der Waals surface area (Å²) in [6, 6.07) is 0. The topological polar surface area (TPSA) is 63.6 Å². The number of esters is 1. The molecular formula is C24H34O4. The number of ketones is 1. The highest BCUT2D eigenvalue weighted by Gasteiger charge is 2.61. The molecule has 4 aliphatic rings. The molecule has 0 aliphatic heterocycles. The number of hydrogen-bond donors (Lipinski definition) is 1. The lowest BCUT2D eigenvalue weighted by Crippen LogP contribution is -2.56. The number of carbonyl (C=O) groups excluding carboxylic acids is 2. The third kappa shape index (κ3) is 2.91. The van der Waals surface area contributed by atoms with Gasteiger partial charge in [-0.1, -0.05) is 31.9 Å². The molecule has 0 saturated heterocycles. The van der Waals surface area contributed by atoms with Crippen LogP contribution in [0, 0.1) is 34.5 Å². The summed E-state index contributed by atoms with van der Waals surface area (Å²) in [6.45, 7) is 8.42. The smallest absolute Gasteiger partial charge is 0.302 e. The second kappa shape index (κ2) is 6.83. The molecule has 0 unspecified atom stereocenters. The van der Waals surface area contributed by atoms with Crippen LogP contribution in [0.1, 0.15) is 66.2 Å². The second-order valence-corrected chi connectivity index (χ2v) is 10.2. The zero-order chi connectivity index (χ0) is 20.3. The largest absolute Gasteiger partial charge is 0.462 e. The average Bonchev–Trinajstić information content (AvgIpc) is 2.92. The number of fused-ring (bicyclic) bond motifs is 5. The molecule has 3 fully saturated rings. The van der Waals surface area contributed by atoms with Gasteiger partial charge in [-0.25, -0.2) is 0 Å². The molecule has 0 amide bonds. The van der Waals surface area contributed by atoms with Gasteiger partial charge < -0.3 is 9.84 Å². The van der Waals surface area contributed by atoms with Gasteiger partial charge in [0.25, 0.3) is 0 Å². The first-order valence-corrected chi connectivity index (χ1v) is 10.9. The molecule has 0 radical (unpaired) electrons. The monoisotopic (exact) mass is 386 g/mol. The molecule has 7 atom stereocenters. The molecule has 3 saturated carbocycles. The first-order valence-electron chi connectivity index (χ1n) is 10.9. The Balaban J connectivity index is 1.64. The minimum atomic E-state index is -0.351. The van der Waals surface area contributed by atoms with E-state index in [-0.39, 0.29) is 40.5 Å². The van der Waals surface area contributed by atoms with Crippen molar-refractivity contribution in [3.8, 4) is 0 Å². The molecular weight excluding hydrogens is 352 g/mol. The van der Waals surface area contributed by atoms with Gasteiger partial charge in [0, 0.05) is 12.8 Å². The van der Waals surface area contributed by atoms with Gasteiger partial charge in [-0.15, -0.1) is 0 Å². The van der Waals surface area contributed by atoms with Crippen molar-refractivity contribution >= 4 is 11.8 Å². The minimum Gasteiger partial charge on any atom is -0.462 e. The minimum absolute atomic E-state index is 0.00554. The van der Waals surface area contributed by atoms with Gasteiger partial charge in [0.1, 0.15) is 6.61 Å². The Morgan fingerprint density at radius 3 is 2.71 bits per heavy atom. The lowest BCUT2D eigenvalue weighted by molar-refractivity contribution is -0.139. The van der Waals surface area contributed by atoms with Crippen molar-refractivity contribution in [1.82, 2.24) is 0 Å². The van der Waals surface area contributed by atoms with Crippen LogP contribution >= 0.6 is 0 Å². The Kier molecular flexibility index (Phi) is 4.85. The van der Waals surface area contributed by atoms with E-state index in [9.17, 15) is 14.7 Å². The fourth-order valence-corrected chi connectivity index (χ4v) is 7.47. The normalized spacial score (nSPS) is 46.5. The highest BCUT2D eigenvalue weighted by Crippen LogP contribution is 2.66. The molecule has 0 spiro atoms. The highest BCUT2D eigenvalue weighted by molar-refractivity contribution is 5.93. The first-order chi connectivity index (χ1) is 13.2. The number of allylic oxidation sites excluding steroid dienone is 2. The van der Waals surface area contributed by atoms with E-state index in [4.69, 9.17) is 4.74 Å². The van der Waals surface area contributed by atoms with Crippen molar-refractivity contribution in [2.24, 2.45) is 34.5 Å². The molecule has 0 aromatic heterocycles. The predicted molar refractivity (Wildman–Crippen MR) is 107 cm³/mol. The summed E-state index contributed by atoms with van der Waals surface area (Å²) in [5, 5.41) is 11.4. The number of ether oxygens (including phenoxy) is 1. The van der Waals surface area contributed by atoms with Crippen molar-refractivity contribution in [1.29, 1.82) is 0 Å². The molecule has 154 valence electrons. The Bertz CT molecular complexity index is 750. The van der Waals surface area contributed by atoms with E-state index >= 15 is 0 Å². The van der Waals surface area contributed by atoms with Crippen LogP contribution < -0.4 is 0 Å². The van der Waals surface area contributed by atoms with Crippen molar-refractivity contribution < 1.29 is 19.4 Å². The molecule has 4 aliphatic carbocycles. The van der Waals surface area contributed by atoms with Crippen LogP contribution in [-0.2, 0) is 14.3 Å². The second-order valence-electron chi connectivity index (χ2n) is 10.2. The molecule has 0 bridgehead atoms. The molecule has 1 N–H and O–H groups in total. The van der Waals surface area contributed by atoms with Crippen LogP contribution in [0.3, 0.4) is 0 Å². The van der Waals surface area contributed by atoms with E-state index in [1.807, 2.05) is 13.0 Å². The molecule has 0 aromatic rings. The maximum Gasteiger partial charge on any atom is 0.302 e. The number of hydrogen-bond acceptors (Lipinski definition) is 4. The average molecular weight is 387 g/mol. The molecule has 4 heteroatoms. The van der Waals surface area contributed by atoms with E-state index in [1.54, 1.807) is 0 Å². The standard InChI is InChI=1S/C24H34O4/c1-14-12-24(4)17(11-20(14)26)5-7-18-19-8-6-16(9-10-28-15(2)25)23(19,3)13-21(27)22(18)24/h9,11,14,18-19,21-22,27H,5-8,10,12-13H2,1-4H3/b16-9+/t14-,18+,19+,21+,22-,23-,24+/m1/s1. The fourth-order valence-electron chi connectivity index (χ4n) is 7.47. The van der Waals surface area contributed by atoms with Crippen molar-refractivity contribution in [3.63, 3.8) is 0 Å². The van der Waals surface area contributed by atoms with E-state index in [2.05, 4.69) is 19.9 Å². The Labute approximate surface area is 168 Å². The van der Waals surface area contributed by atoms with Crippen LogP contribution in [0.5, 0.6) is 0 Å². The highest BCUT2D eigenvalue weighted by atomic mass is 16.5. The number of rotatable bonds is 2. The summed E-state index contributed by atoms with van der Waals surface area (Å²) < 4.78 is 5.15. The van der Waals surface area contributed by atoms with E-state index in [0.717, 1.165) is 38.5 Å². The lowest BCUT2D eigenvalue weighted by Gasteiger charge is -2.59. The fraction of sp³-hybridized carbons (Fsp3) is 0.750. The Hall–Kier alpha value is -1.42. The third-order valence-corrected chi connectivity index (χ3v) is 8.67. The Morgan fingerprint density at radius 2 is 2.00 bits per heavy atom. The quantitative estimate of drug-likeness (QED) is 0.570. The van der Waals surface area contributed by atoms with Crippen LogP contribution in [0.4, 0.5) is 0 Å². The number of carbonyl (C=O) groups is 2. The zero-order valence-corrected chi connectivity index (χ0v) is 17.7. The number of aliphatic hydroxyl groups is 1. The summed E-state index contributed by atoms with van der Waals surface area (Å²) in [6.07, 6.45) is 9.53. The van der Waals surface area contributed by atoms with Gasteiger partial charge in [0.2, 0.25) is 0 Å². The van der Waals surface area contributed by atoms with Gasteiger partial charge in [-0.3, -0.25) is 9.59 Å².